The Morgan fingerprint density at radius 2 is 1.56 bits per heavy atom. The number of hydrogen-bond donors (Lipinski definition) is 0. The van der Waals surface area contributed by atoms with Crippen LogP contribution < -0.4 is 9.64 Å². The molecule has 2 heterocycles. The molecule has 0 radical (unpaired) electrons. The van der Waals surface area contributed by atoms with Gasteiger partial charge in [-0.2, -0.15) is 0 Å². The smallest absolute Gasteiger partial charge is 0.282 e. The average molecular weight is 456 g/mol. The van der Waals surface area contributed by atoms with Crippen molar-refractivity contribution in [2.75, 3.05) is 25.1 Å². The first-order chi connectivity index (χ1) is 16.4. The van der Waals surface area contributed by atoms with E-state index in [0.717, 1.165) is 23.1 Å². The number of amides is 2. The Hall–Kier alpha value is -3.93. The second kappa shape index (κ2) is 9.91. The van der Waals surface area contributed by atoms with E-state index in [1.54, 1.807) is 19.5 Å². The van der Waals surface area contributed by atoms with Crippen molar-refractivity contribution in [2.24, 2.45) is 0 Å². The molecule has 6 nitrogen and oxygen atoms in total. The van der Waals surface area contributed by atoms with E-state index in [1.165, 1.54) is 4.90 Å². The molecule has 4 rings (SSSR count). The van der Waals surface area contributed by atoms with Crippen molar-refractivity contribution in [2.45, 2.75) is 27.2 Å². The van der Waals surface area contributed by atoms with Crippen molar-refractivity contribution in [1.29, 1.82) is 0 Å². The van der Waals surface area contributed by atoms with E-state index >= 15 is 0 Å². The lowest BCUT2D eigenvalue weighted by molar-refractivity contribution is -0.120. The van der Waals surface area contributed by atoms with Crippen LogP contribution in [0.1, 0.15) is 29.2 Å². The molecule has 0 bridgehead atoms. The van der Waals surface area contributed by atoms with E-state index in [-0.39, 0.29) is 11.8 Å². The number of methoxy groups -OCH3 is 1. The van der Waals surface area contributed by atoms with E-state index in [9.17, 15) is 9.59 Å². The molecule has 1 aromatic heterocycles. The predicted molar refractivity (Wildman–Crippen MR) is 134 cm³/mol. The van der Waals surface area contributed by atoms with Gasteiger partial charge in [-0.3, -0.25) is 14.6 Å². The Bertz CT molecular complexity index is 1210. The number of aromatic nitrogens is 1. The number of carbonyl (C=O) groups excluding carboxylic acids is 2. The zero-order valence-corrected chi connectivity index (χ0v) is 20.0. The first-order valence-corrected chi connectivity index (χ1v) is 11.4. The minimum atomic E-state index is -0.308. The molecule has 1 aliphatic heterocycles. The highest BCUT2D eigenvalue weighted by Gasteiger charge is 2.42. The Morgan fingerprint density at radius 3 is 2.15 bits per heavy atom. The third kappa shape index (κ3) is 4.57. The quantitative estimate of drug-likeness (QED) is 0.466. The topological polar surface area (TPSA) is 62.7 Å². The molecule has 2 aromatic carbocycles. The van der Waals surface area contributed by atoms with Gasteiger partial charge in [0.2, 0.25) is 0 Å². The number of ether oxygens (including phenoxy) is 1. The van der Waals surface area contributed by atoms with E-state index in [4.69, 9.17) is 4.74 Å². The van der Waals surface area contributed by atoms with E-state index < -0.39 is 0 Å². The minimum absolute atomic E-state index is 0.294. The van der Waals surface area contributed by atoms with Crippen LogP contribution in [0.4, 0.5) is 5.69 Å². The number of pyridine rings is 1. The van der Waals surface area contributed by atoms with Crippen molar-refractivity contribution in [3.05, 3.63) is 94.9 Å². The molecular weight excluding hydrogens is 426 g/mol. The van der Waals surface area contributed by atoms with Crippen molar-refractivity contribution >= 4 is 23.1 Å². The lowest BCUT2D eigenvalue weighted by atomic mass is 10.0. The van der Waals surface area contributed by atoms with Gasteiger partial charge in [-0.1, -0.05) is 18.2 Å². The molecule has 0 aliphatic carbocycles. The lowest BCUT2D eigenvalue weighted by Crippen LogP contribution is -2.36. The fourth-order valence-electron chi connectivity index (χ4n) is 4.39. The molecule has 0 unspecified atom stereocenters. The summed E-state index contributed by atoms with van der Waals surface area (Å²) < 4.78 is 5.29. The molecule has 0 atom stereocenters. The Kier molecular flexibility index (Phi) is 6.77. The monoisotopic (exact) mass is 455 g/mol. The van der Waals surface area contributed by atoms with Crippen LogP contribution >= 0.6 is 0 Å². The summed E-state index contributed by atoms with van der Waals surface area (Å²) in [6.07, 6.45) is 4.26. The van der Waals surface area contributed by atoms with Gasteiger partial charge in [0.05, 0.1) is 18.4 Å². The maximum Gasteiger partial charge on any atom is 0.282 e. The van der Waals surface area contributed by atoms with Crippen LogP contribution in [0.15, 0.2) is 72.7 Å². The summed E-state index contributed by atoms with van der Waals surface area (Å²) in [5.41, 5.74) is 5.28. The highest BCUT2D eigenvalue weighted by molar-refractivity contribution is 6.45. The Balaban J connectivity index is 1.78. The van der Waals surface area contributed by atoms with Gasteiger partial charge in [0.25, 0.3) is 11.8 Å². The summed E-state index contributed by atoms with van der Waals surface area (Å²) in [7, 11) is 1.60. The summed E-state index contributed by atoms with van der Waals surface area (Å²) >= 11 is 0. The molecule has 0 saturated carbocycles. The van der Waals surface area contributed by atoms with Gasteiger partial charge in [-0.05, 0) is 85.8 Å². The van der Waals surface area contributed by atoms with Gasteiger partial charge < -0.3 is 9.64 Å². The Labute approximate surface area is 200 Å². The highest BCUT2D eigenvalue weighted by Crippen LogP contribution is 2.36. The number of anilines is 1. The largest absolute Gasteiger partial charge is 0.497 e. The average Bonchev–Trinajstić information content (AvgIpc) is 3.09. The molecule has 0 saturated heterocycles. The zero-order chi connectivity index (χ0) is 24.2. The van der Waals surface area contributed by atoms with E-state index in [1.807, 2.05) is 80.3 Å². The third-order valence-electron chi connectivity index (χ3n) is 6.02. The molecule has 0 N–H and O–H groups in total. The van der Waals surface area contributed by atoms with Gasteiger partial charge in [0.1, 0.15) is 11.4 Å². The maximum atomic E-state index is 13.8. The number of aryl methyl sites for hydroxylation is 2. The van der Waals surface area contributed by atoms with E-state index in [0.29, 0.717) is 41.4 Å². The van der Waals surface area contributed by atoms with Gasteiger partial charge in [0.15, 0.2) is 0 Å². The van der Waals surface area contributed by atoms with Crippen LogP contribution in [-0.2, 0) is 16.0 Å². The molecule has 0 spiro atoms. The van der Waals surface area contributed by atoms with Crippen LogP contribution in [0.2, 0.25) is 0 Å². The summed E-state index contributed by atoms with van der Waals surface area (Å²) in [5, 5.41) is 0. The molecule has 3 aromatic rings. The summed E-state index contributed by atoms with van der Waals surface area (Å²) in [5.74, 6) is 0.0915. The molecular formula is C28H29N3O3. The number of hydrogen-bond acceptors (Lipinski definition) is 5. The number of carbonyl (C=O) groups is 2. The van der Waals surface area contributed by atoms with E-state index in [2.05, 4.69) is 4.98 Å². The first kappa shape index (κ1) is 23.2. The second-order valence-electron chi connectivity index (χ2n) is 8.43. The van der Waals surface area contributed by atoms with Crippen LogP contribution in [-0.4, -0.2) is 41.9 Å². The minimum Gasteiger partial charge on any atom is -0.497 e. The first-order valence-electron chi connectivity index (χ1n) is 11.4. The SMILES string of the molecule is CCN(CCc1ccncc1)C1=C(c2ccc(OC)cc2)C(=O)N(c2cc(C)cc(C)c2)C1=O. The molecule has 6 heteroatoms. The Morgan fingerprint density at radius 1 is 0.912 bits per heavy atom. The van der Waals surface area contributed by atoms with Gasteiger partial charge in [0, 0.05) is 25.5 Å². The number of nitrogens with zero attached hydrogens (tertiary/aromatic N) is 3. The molecule has 0 fully saturated rings. The van der Waals surface area contributed by atoms with Gasteiger partial charge in [-0.15, -0.1) is 0 Å². The standard InChI is InChI=1S/C28H29N3O3/c1-5-30(15-12-21-10-13-29-14-11-21)26-25(22-6-8-24(34-4)9-7-22)27(32)31(28(26)33)23-17-19(2)16-20(3)18-23/h6-11,13-14,16-18H,5,12,15H2,1-4H3. The molecule has 2 amide bonds. The van der Waals surface area contributed by atoms with Crippen LogP contribution in [0.25, 0.3) is 5.57 Å². The summed E-state index contributed by atoms with van der Waals surface area (Å²) in [6, 6.07) is 17.0. The number of likely N-dealkylation sites (N-methyl/N-ethyl adjacent to an activating group) is 1. The van der Waals surface area contributed by atoms with Crippen LogP contribution in [0.3, 0.4) is 0 Å². The fourth-order valence-corrected chi connectivity index (χ4v) is 4.39. The van der Waals surface area contributed by atoms with Crippen molar-refractivity contribution < 1.29 is 14.3 Å². The molecule has 34 heavy (non-hydrogen) atoms. The van der Waals surface area contributed by atoms with Crippen molar-refractivity contribution in [3.63, 3.8) is 0 Å². The van der Waals surface area contributed by atoms with Crippen LogP contribution in [0, 0.1) is 13.8 Å². The zero-order valence-electron chi connectivity index (χ0n) is 20.0. The van der Waals surface area contributed by atoms with Crippen LogP contribution in [0.5, 0.6) is 5.75 Å². The normalized spacial score (nSPS) is 13.6. The number of benzene rings is 2. The van der Waals surface area contributed by atoms with Gasteiger partial charge >= 0.3 is 0 Å². The molecule has 1 aliphatic rings. The van der Waals surface area contributed by atoms with Crippen molar-refractivity contribution in [3.8, 4) is 5.75 Å². The highest BCUT2D eigenvalue weighted by atomic mass is 16.5. The number of imide groups is 1. The second-order valence-corrected chi connectivity index (χ2v) is 8.43. The fraction of sp³-hybridized carbons (Fsp3) is 0.250. The third-order valence-corrected chi connectivity index (χ3v) is 6.02. The summed E-state index contributed by atoms with van der Waals surface area (Å²) in [4.78, 5) is 35.0. The number of rotatable bonds is 8. The van der Waals surface area contributed by atoms with Gasteiger partial charge in [-0.25, -0.2) is 4.90 Å². The molecule has 174 valence electrons. The summed E-state index contributed by atoms with van der Waals surface area (Å²) in [6.45, 7) is 7.14. The maximum absolute atomic E-state index is 13.8. The van der Waals surface area contributed by atoms with Crippen molar-refractivity contribution in [1.82, 2.24) is 9.88 Å². The lowest BCUT2D eigenvalue weighted by Gasteiger charge is -2.25. The predicted octanol–water partition coefficient (Wildman–Crippen LogP) is 4.56.